The first-order chi connectivity index (χ1) is 12.4. The fourth-order valence-corrected chi connectivity index (χ4v) is 2.79. The SMILES string of the molecule is CC(C)(C)OC(=O)N1CCC(Oc2ncc(-c3ccccc3)cn2)CC1. The van der Waals surface area contributed by atoms with Gasteiger partial charge in [0.15, 0.2) is 0 Å². The maximum Gasteiger partial charge on any atom is 0.410 e. The smallest absolute Gasteiger partial charge is 0.410 e. The summed E-state index contributed by atoms with van der Waals surface area (Å²) in [7, 11) is 0. The molecule has 1 aliphatic rings. The van der Waals surface area contributed by atoms with Gasteiger partial charge in [-0.25, -0.2) is 14.8 Å². The first-order valence-corrected chi connectivity index (χ1v) is 8.93. The average Bonchev–Trinajstić information content (AvgIpc) is 2.62. The van der Waals surface area contributed by atoms with E-state index in [0.717, 1.165) is 24.0 Å². The number of rotatable bonds is 3. The van der Waals surface area contributed by atoms with E-state index in [-0.39, 0.29) is 12.2 Å². The lowest BCUT2D eigenvalue weighted by Crippen LogP contribution is -2.44. The van der Waals surface area contributed by atoms with Crippen molar-refractivity contribution in [2.75, 3.05) is 13.1 Å². The summed E-state index contributed by atoms with van der Waals surface area (Å²) in [6.07, 6.45) is 4.77. The van der Waals surface area contributed by atoms with Crippen molar-refractivity contribution in [3.63, 3.8) is 0 Å². The van der Waals surface area contributed by atoms with Crippen LogP contribution in [-0.4, -0.2) is 45.8 Å². The Morgan fingerprint density at radius 3 is 2.23 bits per heavy atom. The Morgan fingerprint density at radius 1 is 1.04 bits per heavy atom. The summed E-state index contributed by atoms with van der Waals surface area (Å²) in [5.74, 6) is 0. The van der Waals surface area contributed by atoms with Gasteiger partial charge in [0.1, 0.15) is 11.7 Å². The number of nitrogens with zero attached hydrogens (tertiary/aromatic N) is 3. The number of carbonyl (C=O) groups excluding carboxylic acids is 1. The van der Waals surface area contributed by atoms with Crippen LogP contribution in [0.4, 0.5) is 4.79 Å². The molecule has 2 heterocycles. The van der Waals surface area contributed by atoms with Crippen molar-refractivity contribution in [1.29, 1.82) is 0 Å². The number of piperidine rings is 1. The summed E-state index contributed by atoms with van der Waals surface area (Å²) in [5, 5.41) is 0. The Morgan fingerprint density at radius 2 is 1.65 bits per heavy atom. The maximum absolute atomic E-state index is 12.1. The predicted octanol–water partition coefficient (Wildman–Crippen LogP) is 3.92. The molecule has 6 nitrogen and oxygen atoms in total. The third-order valence-corrected chi connectivity index (χ3v) is 4.10. The molecule has 1 saturated heterocycles. The Balaban J connectivity index is 1.51. The number of likely N-dealkylation sites (tertiary alicyclic amines) is 1. The van der Waals surface area contributed by atoms with Gasteiger partial charge in [0.2, 0.25) is 0 Å². The van der Waals surface area contributed by atoms with Crippen LogP contribution in [0, 0.1) is 0 Å². The van der Waals surface area contributed by atoms with Crippen LogP contribution >= 0.6 is 0 Å². The fraction of sp³-hybridized carbons (Fsp3) is 0.450. The number of carbonyl (C=O) groups is 1. The van der Waals surface area contributed by atoms with Gasteiger partial charge in [0, 0.05) is 43.9 Å². The first-order valence-electron chi connectivity index (χ1n) is 8.93. The molecule has 138 valence electrons. The zero-order valence-electron chi connectivity index (χ0n) is 15.5. The van der Waals surface area contributed by atoms with Gasteiger partial charge in [-0.05, 0) is 26.3 Å². The topological polar surface area (TPSA) is 64.5 Å². The molecule has 1 aromatic heterocycles. The lowest BCUT2D eigenvalue weighted by Gasteiger charge is -2.33. The number of benzene rings is 1. The maximum atomic E-state index is 12.1. The lowest BCUT2D eigenvalue weighted by molar-refractivity contribution is 0.0119. The van der Waals surface area contributed by atoms with Crippen LogP contribution in [0.1, 0.15) is 33.6 Å². The number of amides is 1. The van der Waals surface area contributed by atoms with Crippen molar-refractivity contribution in [1.82, 2.24) is 14.9 Å². The van der Waals surface area contributed by atoms with E-state index in [9.17, 15) is 4.79 Å². The molecule has 2 aromatic rings. The van der Waals surface area contributed by atoms with Gasteiger partial charge in [-0.1, -0.05) is 30.3 Å². The second-order valence-corrected chi connectivity index (χ2v) is 7.40. The molecule has 0 saturated carbocycles. The number of ether oxygens (including phenoxy) is 2. The third kappa shape index (κ3) is 4.94. The van der Waals surface area contributed by atoms with Crippen LogP contribution < -0.4 is 4.74 Å². The fourth-order valence-electron chi connectivity index (χ4n) is 2.79. The quantitative estimate of drug-likeness (QED) is 0.835. The molecule has 26 heavy (non-hydrogen) atoms. The van der Waals surface area contributed by atoms with E-state index in [1.54, 1.807) is 17.3 Å². The van der Waals surface area contributed by atoms with E-state index in [1.165, 1.54) is 0 Å². The van der Waals surface area contributed by atoms with Gasteiger partial charge in [-0.2, -0.15) is 0 Å². The van der Waals surface area contributed by atoms with Crippen molar-refractivity contribution in [3.8, 4) is 17.1 Å². The van der Waals surface area contributed by atoms with Crippen LogP contribution in [-0.2, 0) is 4.74 Å². The molecule has 0 aliphatic carbocycles. The largest absolute Gasteiger partial charge is 0.460 e. The van der Waals surface area contributed by atoms with E-state index in [0.29, 0.717) is 19.1 Å². The molecule has 0 N–H and O–H groups in total. The summed E-state index contributed by atoms with van der Waals surface area (Å²) in [5.41, 5.74) is 1.56. The standard InChI is InChI=1S/C20H25N3O3/c1-20(2,3)26-19(24)23-11-9-17(10-12-23)25-18-21-13-16(14-22-18)15-7-5-4-6-8-15/h4-8,13-14,17H,9-12H2,1-3H3. The van der Waals surface area contributed by atoms with Crippen LogP contribution in [0.2, 0.25) is 0 Å². The molecule has 1 amide bonds. The number of hydrogen-bond acceptors (Lipinski definition) is 5. The molecule has 0 unspecified atom stereocenters. The van der Waals surface area contributed by atoms with Crippen molar-refractivity contribution in [2.45, 2.75) is 45.3 Å². The second kappa shape index (κ2) is 7.72. The normalized spacial score (nSPS) is 15.6. The number of aromatic nitrogens is 2. The summed E-state index contributed by atoms with van der Waals surface area (Å²) in [4.78, 5) is 22.4. The minimum Gasteiger partial charge on any atom is -0.460 e. The summed E-state index contributed by atoms with van der Waals surface area (Å²) < 4.78 is 11.3. The van der Waals surface area contributed by atoms with E-state index in [4.69, 9.17) is 9.47 Å². The molecular weight excluding hydrogens is 330 g/mol. The summed E-state index contributed by atoms with van der Waals surface area (Å²) >= 11 is 0. The van der Waals surface area contributed by atoms with Crippen LogP contribution in [0.25, 0.3) is 11.1 Å². The summed E-state index contributed by atoms with van der Waals surface area (Å²) in [6.45, 7) is 6.84. The third-order valence-electron chi connectivity index (χ3n) is 4.10. The van der Waals surface area contributed by atoms with Gasteiger partial charge < -0.3 is 14.4 Å². The zero-order chi connectivity index (χ0) is 18.6. The molecular formula is C20H25N3O3. The van der Waals surface area contributed by atoms with Crippen molar-refractivity contribution in [2.24, 2.45) is 0 Å². The van der Waals surface area contributed by atoms with Crippen molar-refractivity contribution >= 4 is 6.09 Å². The predicted molar refractivity (Wildman–Crippen MR) is 98.9 cm³/mol. The van der Waals surface area contributed by atoms with E-state index in [1.807, 2.05) is 51.1 Å². The molecule has 0 bridgehead atoms. The van der Waals surface area contributed by atoms with Gasteiger partial charge in [0.05, 0.1) is 0 Å². The first kappa shape index (κ1) is 18.2. The second-order valence-electron chi connectivity index (χ2n) is 7.40. The highest BCUT2D eigenvalue weighted by Gasteiger charge is 2.27. The Hall–Kier alpha value is -2.63. The number of hydrogen-bond donors (Lipinski definition) is 0. The van der Waals surface area contributed by atoms with Crippen LogP contribution in [0.15, 0.2) is 42.7 Å². The van der Waals surface area contributed by atoms with E-state index < -0.39 is 5.60 Å². The van der Waals surface area contributed by atoms with Gasteiger partial charge in [0.25, 0.3) is 0 Å². The molecule has 0 atom stereocenters. The molecule has 1 aliphatic heterocycles. The minimum absolute atomic E-state index is 0.0104. The highest BCUT2D eigenvalue weighted by Crippen LogP contribution is 2.21. The minimum atomic E-state index is -0.473. The van der Waals surface area contributed by atoms with E-state index >= 15 is 0 Å². The molecule has 0 spiro atoms. The molecule has 1 aromatic carbocycles. The van der Waals surface area contributed by atoms with Gasteiger partial charge in [-0.15, -0.1) is 0 Å². The molecule has 3 rings (SSSR count). The highest BCUT2D eigenvalue weighted by atomic mass is 16.6. The lowest BCUT2D eigenvalue weighted by atomic mass is 10.1. The zero-order valence-corrected chi connectivity index (χ0v) is 15.5. The molecule has 1 fully saturated rings. The highest BCUT2D eigenvalue weighted by molar-refractivity contribution is 5.68. The Labute approximate surface area is 154 Å². The Kier molecular flexibility index (Phi) is 5.40. The Bertz CT molecular complexity index is 718. The van der Waals surface area contributed by atoms with Crippen molar-refractivity contribution < 1.29 is 14.3 Å². The molecule has 6 heteroatoms. The van der Waals surface area contributed by atoms with Crippen LogP contribution in [0.3, 0.4) is 0 Å². The average molecular weight is 355 g/mol. The van der Waals surface area contributed by atoms with Crippen molar-refractivity contribution in [3.05, 3.63) is 42.7 Å². The van der Waals surface area contributed by atoms with Crippen LogP contribution in [0.5, 0.6) is 6.01 Å². The van der Waals surface area contributed by atoms with Gasteiger partial charge >= 0.3 is 12.1 Å². The van der Waals surface area contributed by atoms with E-state index in [2.05, 4.69) is 9.97 Å². The monoisotopic (exact) mass is 355 g/mol. The van der Waals surface area contributed by atoms with Gasteiger partial charge in [-0.3, -0.25) is 0 Å². The molecule has 0 radical (unpaired) electrons. The summed E-state index contributed by atoms with van der Waals surface area (Å²) in [6, 6.07) is 10.4.